The molecule has 0 atom stereocenters. The summed E-state index contributed by atoms with van der Waals surface area (Å²) in [5.74, 6) is 0.633. The van der Waals surface area contributed by atoms with Crippen LogP contribution in [0.1, 0.15) is 44.9 Å². The van der Waals surface area contributed by atoms with Crippen LogP contribution in [-0.4, -0.2) is 18.2 Å². The number of nitrogens with zero attached hydrogens (tertiary/aromatic N) is 2. The van der Waals surface area contributed by atoms with Gasteiger partial charge in [-0.3, -0.25) is 0 Å². The molecule has 3 nitrogen and oxygen atoms in total. The van der Waals surface area contributed by atoms with E-state index in [1.165, 1.54) is 44.2 Å². The molecule has 0 aliphatic heterocycles. The van der Waals surface area contributed by atoms with Crippen LogP contribution in [0.3, 0.4) is 0 Å². The first-order chi connectivity index (χ1) is 11.0. The molecule has 0 saturated heterocycles. The fourth-order valence-electron chi connectivity index (χ4n) is 1.99. The number of unbranched alkanes of at least 4 members (excludes halogenated alkanes) is 6. The highest BCUT2D eigenvalue weighted by Crippen LogP contribution is 2.23. The minimum Gasteiger partial charge on any atom is -0.494 e. The summed E-state index contributed by atoms with van der Waals surface area (Å²) in [6.45, 7) is 0.616. The summed E-state index contributed by atoms with van der Waals surface area (Å²) >= 11 is 3.42. The van der Waals surface area contributed by atoms with Crippen molar-refractivity contribution in [2.45, 2.75) is 51.2 Å². The first-order valence-corrected chi connectivity index (χ1v) is 8.92. The molecule has 0 saturated carbocycles. The van der Waals surface area contributed by atoms with Gasteiger partial charge in [-0.15, -0.1) is 18.3 Å². The molecule has 0 bridgehead atoms. The van der Waals surface area contributed by atoms with Gasteiger partial charge in [-0.2, -0.15) is 0 Å². The maximum absolute atomic E-state index is 11.9. The SMILES string of the molecule is FC(F)(F)N=Nc1ccc(OCCCCCCCCCBr)cc1. The first-order valence-electron chi connectivity index (χ1n) is 7.80. The molecular weight excluding hydrogens is 373 g/mol. The van der Waals surface area contributed by atoms with Gasteiger partial charge < -0.3 is 4.74 Å². The zero-order valence-electron chi connectivity index (χ0n) is 13.0. The second-order valence-corrected chi connectivity index (χ2v) is 5.97. The van der Waals surface area contributed by atoms with E-state index in [4.69, 9.17) is 4.74 Å². The van der Waals surface area contributed by atoms with Crippen molar-refractivity contribution < 1.29 is 17.9 Å². The van der Waals surface area contributed by atoms with E-state index in [-0.39, 0.29) is 5.69 Å². The number of hydrogen-bond acceptors (Lipinski definition) is 3. The summed E-state index contributed by atoms with van der Waals surface area (Å²) in [5.41, 5.74) is 0.151. The smallest absolute Gasteiger partial charge is 0.494 e. The van der Waals surface area contributed by atoms with Crippen LogP contribution in [0.4, 0.5) is 18.9 Å². The monoisotopic (exact) mass is 394 g/mol. The summed E-state index contributed by atoms with van der Waals surface area (Å²) in [7, 11) is 0. The van der Waals surface area contributed by atoms with Crippen molar-refractivity contribution in [2.75, 3.05) is 11.9 Å². The summed E-state index contributed by atoms with van der Waals surface area (Å²) in [6, 6.07) is 6.11. The van der Waals surface area contributed by atoms with Crippen LogP contribution in [0.25, 0.3) is 0 Å². The largest absolute Gasteiger partial charge is 0.521 e. The molecule has 0 amide bonds. The summed E-state index contributed by atoms with van der Waals surface area (Å²) in [4.78, 5) is 0. The van der Waals surface area contributed by atoms with Crippen molar-refractivity contribution in [3.05, 3.63) is 24.3 Å². The lowest BCUT2D eigenvalue weighted by Gasteiger charge is -2.06. The lowest BCUT2D eigenvalue weighted by atomic mass is 10.1. The van der Waals surface area contributed by atoms with E-state index in [1.54, 1.807) is 12.1 Å². The van der Waals surface area contributed by atoms with Crippen molar-refractivity contribution in [1.82, 2.24) is 0 Å². The molecule has 7 heteroatoms. The number of azo groups is 1. The minimum atomic E-state index is -4.64. The fourth-order valence-corrected chi connectivity index (χ4v) is 2.39. The van der Waals surface area contributed by atoms with Crippen molar-refractivity contribution >= 4 is 21.6 Å². The highest BCUT2D eigenvalue weighted by atomic mass is 79.9. The zero-order valence-corrected chi connectivity index (χ0v) is 14.6. The molecule has 0 heterocycles. The Bertz CT molecular complexity index is 450. The second-order valence-electron chi connectivity index (χ2n) is 5.17. The lowest BCUT2D eigenvalue weighted by Crippen LogP contribution is -1.99. The van der Waals surface area contributed by atoms with Crippen LogP contribution in [0.5, 0.6) is 5.75 Å². The van der Waals surface area contributed by atoms with Crippen molar-refractivity contribution in [3.63, 3.8) is 0 Å². The number of ether oxygens (including phenoxy) is 1. The molecule has 0 fully saturated rings. The molecular formula is C16H22BrF3N2O. The molecule has 1 aromatic carbocycles. The molecule has 23 heavy (non-hydrogen) atoms. The van der Waals surface area contributed by atoms with E-state index < -0.39 is 6.30 Å². The number of benzene rings is 1. The maximum Gasteiger partial charge on any atom is 0.521 e. The molecule has 0 aliphatic carbocycles. The summed E-state index contributed by atoms with van der Waals surface area (Å²) < 4.78 is 41.2. The summed E-state index contributed by atoms with van der Waals surface area (Å²) in [5, 5.41) is 6.45. The fraction of sp³-hybridized carbons (Fsp3) is 0.625. The molecule has 0 N–H and O–H groups in total. The van der Waals surface area contributed by atoms with E-state index in [0.717, 1.165) is 18.2 Å². The molecule has 0 aliphatic rings. The Morgan fingerprint density at radius 1 is 0.870 bits per heavy atom. The van der Waals surface area contributed by atoms with Gasteiger partial charge in [0.25, 0.3) is 0 Å². The third-order valence-corrected chi connectivity index (χ3v) is 3.72. The Labute approximate surface area is 143 Å². The van der Waals surface area contributed by atoms with Crippen LogP contribution < -0.4 is 4.74 Å². The van der Waals surface area contributed by atoms with E-state index in [9.17, 15) is 13.2 Å². The van der Waals surface area contributed by atoms with Gasteiger partial charge >= 0.3 is 6.30 Å². The predicted octanol–water partition coefficient (Wildman–Crippen LogP) is 6.79. The van der Waals surface area contributed by atoms with Gasteiger partial charge in [0.1, 0.15) is 5.75 Å². The van der Waals surface area contributed by atoms with Gasteiger partial charge in [0.15, 0.2) is 0 Å². The molecule has 0 aromatic heterocycles. The second kappa shape index (κ2) is 11.4. The Hall–Kier alpha value is -1.11. The molecule has 0 radical (unpaired) electrons. The van der Waals surface area contributed by atoms with Gasteiger partial charge in [-0.1, -0.05) is 53.1 Å². The van der Waals surface area contributed by atoms with Crippen molar-refractivity contribution in [3.8, 4) is 5.75 Å². The number of hydrogen-bond donors (Lipinski definition) is 0. The van der Waals surface area contributed by atoms with Crippen molar-refractivity contribution in [1.29, 1.82) is 0 Å². The van der Waals surface area contributed by atoms with E-state index in [0.29, 0.717) is 12.4 Å². The highest BCUT2D eigenvalue weighted by molar-refractivity contribution is 9.09. The van der Waals surface area contributed by atoms with Crippen LogP contribution in [0, 0.1) is 0 Å². The Balaban J connectivity index is 2.13. The van der Waals surface area contributed by atoms with E-state index in [1.807, 2.05) is 0 Å². The average molecular weight is 395 g/mol. The number of rotatable bonds is 11. The highest BCUT2D eigenvalue weighted by Gasteiger charge is 2.26. The normalized spacial score (nSPS) is 12.0. The van der Waals surface area contributed by atoms with Crippen molar-refractivity contribution in [2.24, 2.45) is 10.2 Å². The summed E-state index contributed by atoms with van der Waals surface area (Å²) in [6.07, 6.45) is 3.74. The topological polar surface area (TPSA) is 34.0 Å². The molecule has 1 rings (SSSR count). The molecule has 0 spiro atoms. The van der Waals surface area contributed by atoms with Gasteiger partial charge in [0.05, 0.1) is 12.3 Å². The maximum atomic E-state index is 11.9. The van der Waals surface area contributed by atoms with E-state index >= 15 is 0 Å². The van der Waals surface area contributed by atoms with Crippen LogP contribution in [0.15, 0.2) is 34.5 Å². The molecule has 130 valence electrons. The minimum absolute atomic E-state index is 0.151. The quantitative estimate of drug-likeness (QED) is 0.176. The molecule has 0 unspecified atom stereocenters. The van der Waals surface area contributed by atoms with Gasteiger partial charge in [-0.25, -0.2) is 0 Å². The molecule has 1 aromatic rings. The van der Waals surface area contributed by atoms with Gasteiger partial charge in [0, 0.05) is 5.33 Å². The van der Waals surface area contributed by atoms with Gasteiger partial charge in [0.2, 0.25) is 0 Å². The Morgan fingerprint density at radius 2 is 1.43 bits per heavy atom. The zero-order chi connectivity index (χ0) is 17.0. The van der Waals surface area contributed by atoms with Crippen LogP contribution in [-0.2, 0) is 0 Å². The standard InChI is InChI=1S/C16H22BrF3N2O/c17-12-6-4-2-1-3-5-7-13-23-15-10-8-14(9-11-15)21-22-16(18,19)20/h8-11H,1-7,12-13H2. The predicted molar refractivity (Wildman–Crippen MR) is 88.6 cm³/mol. The third-order valence-electron chi connectivity index (χ3n) is 3.16. The van der Waals surface area contributed by atoms with Gasteiger partial charge in [-0.05, 0) is 37.1 Å². The number of alkyl halides is 4. The lowest BCUT2D eigenvalue weighted by molar-refractivity contribution is -0.125. The number of halogens is 4. The van der Waals surface area contributed by atoms with Crippen LogP contribution >= 0.6 is 15.9 Å². The first kappa shape index (κ1) is 19.9. The Kier molecular flexibility index (Phi) is 9.91. The Morgan fingerprint density at radius 3 is 2.00 bits per heavy atom. The van der Waals surface area contributed by atoms with E-state index in [2.05, 4.69) is 26.2 Å². The van der Waals surface area contributed by atoms with Crippen LogP contribution in [0.2, 0.25) is 0 Å². The third kappa shape index (κ3) is 11.1. The average Bonchev–Trinajstić information content (AvgIpc) is 2.52.